The minimum absolute atomic E-state index is 0.0361. The number of carbonyl (C=O) groups excluding carboxylic acids is 2. The Balaban J connectivity index is 0.00000107. The number of ether oxygens (including phenoxy) is 1. The Labute approximate surface area is 353 Å². The number of primary amides is 1. The number of nitrogens with one attached hydrogen (secondary N) is 1. The summed E-state index contributed by atoms with van der Waals surface area (Å²) in [5, 5.41) is 3.35. The van der Waals surface area contributed by atoms with Crippen LogP contribution in [0.3, 0.4) is 0 Å². The van der Waals surface area contributed by atoms with E-state index in [-0.39, 0.29) is 24.3 Å². The standard InChI is InChI=1S/C37H38ClF3N2O2.C4H11N3.C3H7NO.C2H6/c1-6-23(3)29-17-31(38)21-33(19-29)45-32-13-9-11-27(18-32)35(24(4)7-2)43-34-20-28(15-14-25(34)5)36(44)42-22-26-10-8-12-30(16-26)37(39,40)41;1-2-3-7-4(5)6;1-2-3(4)5;1-2/h8-21,23-24H,6-7,22H2,1-5H3,(H,42,44);2-3H2,1H3,(H4,5,6,7);2H2,1H3,(H2,4,5);1-2H3. The number of benzene rings is 4. The molecule has 0 radical (unpaired) electrons. The van der Waals surface area contributed by atoms with Crippen LogP contribution in [-0.2, 0) is 17.5 Å². The number of carbonyl (C=O) groups is 2. The first kappa shape index (κ1) is 51.7. The second-order valence-corrected chi connectivity index (χ2v) is 13.9. The first-order valence-corrected chi connectivity index (χ1v) is 20.4. The molecule has 59 heavy (non-hydrogen) atoms. The maximum Gasteiger partial charge on any atom is 0.416 e. The molecule has 0 aliphatic rings. The van der Waals surface area contributed by atoms with E-state index in [1.165, 1.54) is 6.07 Å². The summed E-state index contributed by atoms with van der Waals surface area (Å²) in [6.07, 6.45) is -1.18. The topological polar surface area (TPSA) is 158 Å². The lowest BCUT2D eigenvalue weighted by Crippen LogP contribution is -2.23. The van der Waals surface area contributed by atoms with Gasteiger partial charge in [-0.2, -0.15) is 13.2 Å². The van der Waals surface area contributed by atoms with E-state index in [0.29, 0.717) is 45.7 Å². The van der Waals surface area contributed by atoms with E-state index in [4.69, 9.17) is 32.8 Å². The highest BCUT2D eigenvalue weighted by molar-refractivity contribution is 6.30. The number of rotatable bonds is 14. The van der Waals surface area contributed by atoms with Crippen LogP contribution >= 0.6 is 11.6 Å². The molecule has 322 valence electrons. The van der Waals surface area contributed by atoms with Crippen molar-refractivity contribution in [3.05, 3.63) is 123 Å². The van der Waals surface area contributed by atoms with Crippen LogP contribution in [0.5, 0.6) is 11.5 Å². The minimum Gasteiger partial charge on any atom is -0.457 e. The second-order valence-electron chi connectivity index (χ2n) is 13.5. The molecule has 0 aromatic heterocycles. The number of hydrogen-bond acceptors (Lipinski definition) is 5. The van der Waals surface area contributed by atoms with Crippen molar-refractivity contribution in [3.63, 3.8) is 0 Å². The zero-order valence-electron chi connectivity index (χ0n) is 35.8. The fourth-order valence-electron chi connectivity index (χ4n) is 5.05. The van der Waals surface area contributed by atoms with Gasteiger partial charge in [0, 0.05) is 30.1 Å². The lowest BCUT2D eigenvalue weighted by molar-refractivity contribution is -0.137. The van der Waals surface area contributed by atoms with Crippen LogP contribution in [0.15, 0.2) is 94.9 Å². The molecule has 0 saturated heterocycles. The molecular formula is C46H62ClF3N6O3. The smallest absolute Gasteiger partial charge is 0.416 e. The van der Waals surface area contributed by atoms with E-state index in [2.05, 4.69) is 43.7 Å². The predicted molar refractivity (Wildman–Crippen MR) is 238 cm³/mol. The first-order chi connectivity index (χ1) is 27.9. The largest absolute Gasteiger partial charge is 0.457 e. The van der Waals surface area contributed by atoms with Gasteiger partial charge in [0.2, 0.25) is 5.91 Å². The van der Waals surface area contributed by atoms with Crippen molar-refractivity contribution in [2.45, 2.75) is 107 Å². The van der Waals surface area contributed by atoms with Gasteiger partial charge >= 0.3 is 6.18 Å². The van der Waals surface area contributed by atoms with E-state index in [9.17, 15) is 22.8 Å². The van der Waals surface area contributed by atoms with Crippen LogP contribution in [0.1, 0.15) is 125 Å². The molecule has 13 heteroatoms. The highest BCUT2D eigenvalue weighted by Gasteiger charge is 2.30. The molecule has 4 aromatic carbocycles. The van der Waals surface area contributed by atoms with Gasteiger partial charge in [0.15, 0.2) is 5.96 Å². The van der Waals surface area contributed by atoms with Gasteiger partial charge in [0.25, 0.3) is 5.91 Å². The number of hydrogen-bond donors (Lipinski definition) is 4. The Kier molecular flexibility index (Phi) is 23.3. The molecule has 0 aliphatic carbocycles. The predicted octanol–water partition coefficient (Wildman–Crippen LogP) is 11.6. The van der Waals surface area contributed by atoms with Gasteiger partial charge in [0.05, 0.1) is 17.0 Å². The zero-order chi connectivity index (χ0) is 44.7. The fraction of sp³-hybridized carbons (Fsp3) is 0.391. The van der Waals surface area contributed by atoms with Crippen LogP contribution in [-0.4, -0.2) is 30.0 Å². The summed E-state index contributed by atoms with van der Waals surface area (Å²) in [6, 6.07) is 23.7. The third-order valence-electron chi connectivity index (χ3n) is 8.81. The number of nitrogens with two attached hydrogens (primary N) is 3. The third kappa shape index (κ3) is 18.8. The van der Waals surface area contributed by atoms with Crippen molar-refractivity contribution >= 4 is 40.8 Å². The quantitative estimate of drug-likeness (QED) is 0.0734. The molecule has 0 bridgehead atoms. The number of halogens is 4. The SMILES string of the molecule is CC.CCC(C)C(=Nc1cc(C(=O)NCc2cccc(C(F)(F)F)c2)ccc1C)c1cccc(Oc2cc(Cl)cc(C(C)CC)c2)c1.CCC(N)=O.CCCN=C(N)N. The summed E-state index contributed by atoms with van der Waals surface area (Å²) in [5.74, 6) is 1.30. The van der Waals surface area contributed by atoms with Crippen LogP contribution in [0.4, 0.5) is 18.9 Å². The fourth-order valence-corrected chi connectivity index (χ4v) is 5.29. The molecule has 9 nitrogen and oxygen atoms in total. The molecule has 0 saturated carbocycles. The van der Waals surface area contributed by atoms with Crippen molar-refractivity contribution in [1.29, 1.82) is 0 Å². The molecule has 0 aliphatic heterocycles. The third-order valence-corrected chi connectivity index (χ3v) is 9.02. The Bertz CT molecular complexity index is 1980. The summed E-state index contributed by atoms with van der Waals surface area (Å²) in [5.41, 5.74) is 19.0. The maximum atomic E-state index is 13.1. The van der Waals surface area contributed by atoms with Gasteiger partial charge in [0.1, 0.15) is 11.5 Å². The van der Waals surface area contributed by atoms with Gasteiger partial charge in [-0.15, -0.1) is 0 Å². The molecule has 2 unspecified atom stereocenters. The van der Waals surface area contributed by atoms with Crippen LogP contribution in [0.2, 0.25) is 5.02 Å². The molecule has 7 N–H and O–H groups in total. The van der Waals surface area contributed by atoms with Gasteiger partial charge < -0.3 is 27.3 Å². The zero-order valence-corrected chi connectivity index (χ0v) is 36.6. The van der Waals surface area contributed by atoms with Crippen molar-refractivity contribution in [1.82, 2.24) is 5.32 Å². The average Bonchev–Trinajstić information content (AvgIpc) is 3.21. The van der Waals surface area contributed by atoms with Crippen LogP contribution in [0, 0.1) is 12.8 Å². The molecule has 2 amide bonds. The molecule has 0 fully saturated rings. The highest BCUT2D eigenvalue weighted by atomic mass is 35.5. The maximum absolute atomic E-state index is 13.1. The number of alkyl halides is 3. The first-order valence-electron chi connectivity index (χ1n) is 20.0. The molecule has 4 aromatic rings. The van der Waals surface area contributed by atoms with E-state index < -0.39 is 17.6 Å². The monoisotopic (exact) mass is 838 g/mol. The van der Waals surface area contributed by atoms with E-state index in [0.717, 1.165) is 60.3 Å². The number of nitrogens with zero attached hydrogens (tertiary/aromatic N) is 2. The molecule has 2 atom stereocenters. The normalized spacial score (nSPS) is 11.8. The Morgan fingerprint density at radius 1 is 0.831 bits per heavy atom. The van der Waals surface area contributed by atoms with E-state index in [1.807, 2.05) is 70.2 Å². The minimum atomic E-state index is -4.45. The number of guanidine groups is 1. The van der Waals surface area contributed by atoms with Gasteiger partial charge in [-0.25, -0.2) is 0 Å². The summed E-state index contributed by atoms with van der Waals surface area (Å²) >= 11 is 6.40. The highest BCUT2D eigenvalue weighted by Crippen LogP contribution is 2.33. The number of amides is 2. The van der Waals surface area contributed by atoms with Crippen LogP contribution in [0.25, 0.3) is 0 Å². The van der Waals surface area contributed by atoms with Crippen molar-refractivity contribution < 1.29 is 27.5 Å². The lowest BCUT2D eigenvalue weighted by atomic mass is 9.95. The second kappa shape index (κ2) is 26.6. The van der Waals surface area contributed by atoms with Crippen molar-refractivity contribution in [3.8, 4) is 11.5 Å². The molecular weight excluding hydrogens is 777 g/mol. The van der Waals surface area contributed by atoms with Gasteiger partial charge in [-0.1, -0.05) is 97.3 Å². The Morgan fingerprint density at radius 2 is 1.49 bits per heavy atom. The molecule has 0 heterocycles. The van der Waals surface area contributed by atoms with Crippen LogP contribution < -0.4 is 27.3 Å². The number of aryl methyl sites for hydroxylation is 1. The average molecular weight is 839 g/mol. The molecule has 0 spiro atoms. The summed E-state index contributed by atoms with van der Waals surface area (Å²) in [4.78, 5) is 31.4. The van der Waals surface area contributed by atoms with Gasteiger partial charge in [-0.3, -0.25) is 19.6 Å². The van der Waals surface area contributed by atoms with Crippen molar-refractivity contribution in [2.24, 2.45) is 33.1 Å². The summed E-state index contributed by atoms with van der Waals surface area (Å²) < 4.78 is 45.6. The molecule has 4 rings (SSSR count). The summed E-state index contributed by atoms with van der Waals surface area (Å²) in [6.45, 7) is 18.8. The Morgan fingerprint density at radius 3 is 2.05 bits per heavy atom. The summed E-state index contributed by atoms with van der Waals surface area (Å²) in [7, 11) is 0. The van der Waals surface area contributed by atoms with E-state index in [1.54, 1.807) is 31.2 Å². The van der Waals surface area contributed by atoms with Crippen molar-refractivity contribution in [2.75, 3.05) is 6.54 Å². The Hall–Kier alpha value is -5.36. The number of aliphatic imine (C=N–C) groups is 2. The van der Waals surface area contributed by atoms with Gasteiger partial charge in [-0.05, 0) is 115 Å². The van der Waals surface area contributed by atoms with E-state index >= 15 is 0 Å². The lowest BCUT2D eigenvalue weighted by Gasteiger charge is -2.17.